The van der Waals surface area contributed by atoms with Crippen molar-refractivity contribution in [3.63, 3.8) is 0 Å². The minimum atomic E-state index is -0.390. The van der Waals surface area contributed by atoms with Gasteiger partial charge < -0.3 is 10.7 Å². The van der Waals surface area contributed by atoms with Gasteiger partial charge in [-0.3, -0.25) is 10.2 Å². The number of rotatable bonds is 1. The quantitative estimate of drug-likeness (QED) is 0.233. The molecule has 1 aromatic heterocycles. The monoisotopic (exact) mass is 140 g/mol. The molecule has 1 aromatic rings. The van der Waals surface area contributed by atoms with Crippen LogP contribution in [0, 0.1) is 0 Å². The zero-order valence-corrected chi connectivity index (χ0v) is 5.22. The Morgan fingerprint density at radius 1 is 1.70 bits per heavy atom. The van der Waals surface area contributed by atoms with E-state index in [4.69, 9.17) is 11.6 Å². The Bertz CT molecular complexity index is 242. The fraction of sp³-hybridized carbons (Fsp3) is 0. The molecule has 0 spiro atoms. The summed E-state index contributed by atoms with van der Waals surface area (Å²) in [6, 6.07) is 1.55. The number of nitrogens with one attached hydrogen (secondary N) is 2. The first-order chi connectivity index (χ1) is 4.75. The lowest BCUT2D eigenvalue weighted by molar-refractivity contribution is 0.0955. The van der Waals surface area contributed by atoms with E-state index in [9.17, 15) is 4.79 Å². The average molecular weight is 140 g/mol. The molecule has 0 aliphatic carbocycles. The minimum Gasteiger partial charge on any atom is -0.385 e. The van der Waals surface area contributed by atoms with Crippen LogP contribution >= 0.6 is 0 Å². The van der Waals surface area contributed by atoms with Crippen LogP contribution in [-0.4, -0.2) is 10.9 Å². The standard InChI is InChI=1S/C5H8N4O/c6-4-3(1-2-8-4)5(10)9-7/h1-2,8H,6-7H2,(H,9,10). The molecule has 5 nitrogen and oxygen atoms in total. The average Bonchev–Trinajstić information content (AvgIpc) is 2.34. The molecule has 0 fully saturated rings. The molecule has 5 heteroatoms. The van der Waals surface area contributed by atoms with Gasteiger partial charge in [-0.15, -0.1) is 0 Å². The van der Waals surface area contributed by atoms with Gasteiger partial charge in [-0.05, 0) is 6.07 Å². The number of hydrogen-bond acceptors (Lipinski definition) is 3. The first-order valence-electron chi connectivity index (χ1n) is 2.69. The molecule has 0 unspecified atom stereocenters. The van der Waals surface area contributed by atoms with E-state index in [2.05, 4.69) is 4.98 Å². The van der Waals surface area contributed by atoms with E-state index in [-0.39, 0.29) is 0 Å². The summed E-state index contributed by atoms with van der Waals surface area (Å²) in [7, 11) is 0. The van der Waals surface area contributed by atoms with Crippen molar-refractivity contribution in [3.8, 4) is 0 Å². The molecule has 0 bridgehead atoms. The molecule has 1 amide bonds. The van der Waals surface area contributed by atoms with Crippen LogP contribution < -0.4 is 17.0 Å². The summed E-state index contributed by atoms with van der Waals surface area (Å²) in [4.78, 5) is 13.4. The Balaban J connectivity index is 2.93. The maximum Gasteiger partial charge on any atom is 0.268 e. The van der Waals surface area contributed by atoms with Gasteiger partial charge in [0.1, 0.15) is 5.82 Å². The van der Waals surface area contributed by atoms with E-state index < -0.39 is 5.91 Å². The van der Waals surface area contributed by atoms with E-state index in [1.165, 1.54) is 0 Å². The molecule has 6 N–H and O–H groups in total. The maximum absolute atomic E-state index is 10.8. The van der Waals surface area contributed by atoms with Crippen molar-refractivity contribution in [2.75, 3.05) is 5.73 Å². The summed E-state index contributed by atoms with van der Waals surface area (Å²) in [5.74, 6) is 4.80. The number of nitrogen functional groups attached to an aromatic ring is 2. The van der Waals surface area contributed by atoms with Crippen LogP contribution in [0.15, 0.2) is 12.3 Å². The summed E-state index contributed by atoms with van der Waals surface area (Å²) in [6.07, 6.45) is 1.57. The number of hydrazine groups is 1. The molecule has 0 saturated heterocycles. The molecule has 1 rings (SSSR count). The summed E-state index contributed by atoms with van der Waals surface area (Å²) in [5, 5.41) is 0. The lowest BCUT2D eigenvalue weighted by Crippen LogP contribution is -2.30. The first kappa shape index (κ1) is 6.63. The summed E-state index contributed by atoms with van der Waals surface area (Å²) in [5.41, 5.74) is 7.68. The fourth-order valence-corrected chi connectivity index (χ4v) is 0.658. The highest BCUT2D eigenvalue weighted by atomic mass is 16.2. The summed E-state index contributed by atoms with van der Waals surface area (Å²) >= 11 is 0. The molecular formula is C5H8N4O. The highest BCUT2D eigenvalue weighted by Crippen LogP contribution is 2.06. The van der Waals surface area contributed by atoms with Crippen LogP contribution in [0.1, 0.15) is 10.4 Å². The molecule has 0 radical (unpaired) electrons. The van der Waals surface area contributed by atoms with Crippen molar-refractivity contribution in [2.24, 2.45) is 5.84 Å². The number of anilines is 1. The second kappa shape index (κ2) is 2.40. The van der Waals surface area contributed by atoms with Gasteiger partial charge in [-0.25, -0.2) is 5.84 Å². The molecule has 0 aromatic carbocycles. The molecule has 54 valence electrons. The Morgan fingerprint density at radius 3 is 2.80 bits per heavy atom. The molecule has 0 aliphatic heterocycles. The topological polar surface area (TPSA) is 96.9 Å². The number of amides is 1. The van der Waals surface area contributed by atoms with E-state index >= 15 is 0 Å². The smallest absolute Gasteiger partial charge is 0.268 e. The zero-order chi connectivity index (χ0) is 7.56. The van der Waals surface area contributed by atoms with E-state index in [0.29, 0.717) is 11.4 Å². The number of hydrogen-bond donors (Lipinski definition) is 4. The van der Waals surface area contributed by atoms with Gasteiger partial charge >= 0.3 is 0 Å². The number of nitrogens with two attached hydrogens (primary N) is 2. The highest BCUT2D eigenvalue weighted by molar-refractivity contribution is 5.98. The van der Waals surface area contributed by atoms with Gasteiger partial charge in [0.2, 0.25) is 0 Å². The minimum absolute atomic E-state index is 0.322. The molecular weight excluding hydrogens is 132 g/mol. The van der Waals surface area contributed by atoms with Crippen LogP contribution in [0.3, 0.4) is 0 Å². The fourth-order valence-electron chi connectivity index (χ4n) is 0.658. The van der Waals surface area contributed by atoms with Gasteiger partial charge in [0.15, 0.2) is 0 Å². The third kappa shape index (κ3) is 0.939. The van der Waals surface area contributed by atoms with Crippen LogP contribution in [0.2, 0.25) is 0 Å². The Labute approximate surface area is 57.4 Å². The van der Waals surface area contributed by atoms with E-state index in [1.807, 2.05) is 5.43 Å². The number of aromatic amines is 1. The summed E-state index contributed by atoms with van der Waals surface area (Å²) in [6.45, 7) is 0. The van der Waals surface area contributed by atoms with Gasteiger partial charge in [0.25, 0.3) is 5.91 Å². The first-order valence-corrected chi connectivity index (χ1v) is 2.69. The van der Waals surface area contributed by atoms with E-state index in [1.54, 1.807) is 12.3 Å². The summed E-state index contributed by atoms with van der Waals surface area (Å²) < 4.78 is 0. The van der Waals surface area contributed by atoms with Crippen molar-refractivity contribution in [2.45, 2.75) is 0 Å². The number of aromatic nitrogens is 1. The van der Waals surface area contributed by atoms with Gasteiger partial charge in [0.05, 0.1) is 5.56 Å². The Hall–Kier alpha value is -1.49. The predicted octanol–water partition coefficient (Wildman–Crippen LogP) is -0.800. The van der Waals surface area contributed by atoms with Crippen molar-refractivity contribution in [1.82, 2.24) is 10.4 Å². The number of H-pyrrole nitrogens is 1. The van der Waals surface area contributed by atoms with Gasteiger partial charge in [0, 0.05) is 6.20 Å². The third-order valence-electron chi connectivity index (χ3n) is 1.15. The normalized spacial score (nSPS) is 9.30. The second-order valence-electron chi connectivity index (χ2n) is 1.78. The highest BCUT2D eigenvalue weighted by Gasteiger charge is 2.06. The second-order valence-corrected chi connectivity index (χ2v) is 1.78. The Morgan fingerprint density at radius 2 is 2.40 bits per heavy atom. The van der Waals surface area contributed by atoms with Crippen LogP contribution in [0.25, 0.3) is 0 Å². The predicted molar refractivity (Wildman–Crippen MR) is 36.9 cm³/mol. The largest absolute Gasteiger partial charge is 0.385 e. The van der Waals surface area contributed by atoms with Crippen molar-refractivity contribution in [3.05, 3.63) is 17.8 Å². The van der Waals surface area contributed by atoms with Crippen molar-refractivity contribution < 1.29 is 4.79 Å². The molecule has 0 saturated carbocycles. The maximum atomic E-state index is 10.8. The number of carbonyl (C=O) groups excluding carboxylic acids is 1. The van der Waals surface area contributed by atoms with Crippen LogP contribution in [0.4, 0.5) is 5.82 Å². The van der Waals surface area contributed by atoms with Crippen LogP contribution in [-0.2, 0) is 0 Å². The lowest BCUT2D eigenvalue weighted by Gasteiger charge is -1.95. The van der Waals surface area contributed by atoms with Crippen molar-refractivity contribution >= 4 is 11.7 Å². The zero-order valence-electron chi connectivity index (χ0n) is 5.22. The van der Waals surface area contributed by atoms with Gasteiger partial charge in [-0.1, -0.05) is 0 Å². The molecule has 10 heavy (non-hydrogen) atoms. The third-order valence-corrected chi connectivity index (χ3v) is 1.15. The van der Waals surface area contributed by atoms with Gasteiger partial charge in [-0.2, -0.15) is 0 Å². The Kier molecular flexibility index (Phi) is 1.59. The molecule has 0 aliphatic rings. The number of carbonyl (C=O) groups is 1. The van der Waals surface area contributed by atoms with Crippen LogP contribution in [0.5, 0.6) is 0 Å². The molecule has 1 heterocycles. The van der Waals surface area contributed by atoms with Crippen molar-refractivity contribution in [1.29, 1.82) is 0 Å². The molecule has 0 atom stereocenters. The lowest BCUT2D eigenvalue weighted by atomic mass is 10.3. The SMILES string of the molecule is NNC(=O)c1cc[nH]c1N. The van der Waals surface area contributed by atoms with E-state index in [0.717, 1.165) is 0 Å².